The predicted molar refractivity (Wildman–Crippen MR) is 367 cm³/mol. The van der Waals surface area contributed by atoms with E-state index in [1.54, 1.807) is 0 Å². The highest BCUT2D eigenvalue weighted by atomic mass is 15.3. The van der Waals surface area contributed by atoms with E-state index in [0.29, 0.717) is 5.95 Å². The summed E-state index contributed by atoms with van der Waals surface area (Å²) in [5.74, 6) is 1.24. The van der Waals surface area contributed by atoms with Crippen molar-refractivity contribution in [1.82, 2.24) is 23.7 Å². The third-order valence-electron chi connectivity index (χ3n) is 17.1. The Morgan fingerprint density at radius 2 is 0.500 bits per heavy atom. The standard InChI is InChI=1S/C80H54N8/c1-7-25-55(26-8-1)83(62-44-48-76-68(51-62)65-37-19-22-40-73(65)86(76)58-31-13-4-14-32-58)61-43-47-72-71(54-61)79(84(56-27-9-2-10-28-56)63-45-49-77-69(52-63)66-38-20-23-41-74(66)87(77)59-33-15-5-16-34-59)82-80(81-72)85(57-29-11-3-12-30-57)64-46-50-78-70(53-64)67-39-21-24-42-75(67)88(78)60-35-17-6-18-36-60/h1-54H. The Morgan fingerprint density at radius 1 is 0.205 bits per heavy atom. The summed E-state index contributed by atoms with van der Waals surface area (Å²) >= 11 is 0. The Kier molecular flexibility index (Phi) is 12.0. The molecule has 0 saturated heterocycles. The second-order valence-corrected chi connectivity index (χ2v) is 22.2. The summed E-state index contributed by atoms with van der Waals surface area (Å²) < 4.78 is 7.09. The Morgan fingerprint density at radius 3 is 0.909 bits per heavy atom. The fraction of sp³-hybridized carbons (Fsp3) is 0. The Balaban J connectivity index is 0.924. The van der Waals surface area contributed by atoms with E-state index < -0.39 is 0 Å². The Bertz CT molecular complexity index is 5450. The number of hydrogen-bond acceptors (Lipinski definition) is 5. The molecule has 13 aromatic carbocycles. The van der Waals surface area contributed by atoms with Crippen LogP contribution >= 0.6 is 0 Å². The summed E-state index contributed by atoms with van der Waals surface area (Å²) in [6, 6.07) is 117. The summed E-state index contributed by atoms with van der Waals surface area (Å²) in [6.45, 7) is 0. The van der Waals surface area contributed by atoms with Gasteiger partial charge >= 0.3 is 0 Å². The van der Waals surface area contributed by atoms with Crippen molar-refractivity contribution >= 4 is 128 Å². The summed E-state index contributed by atoms with van der Waals surface area (Å²) in [6.07, 6.45) is 0. The van der Waals surface area contributed by atoms with Crippen molar-refractivity contribution < 1.29 is 0 Å². The number of rotatable bonds is 12. The van der Waals surface area contributed by atoms with Gasteiger partial charge < -0.3 is 18.6 Å². The normalized spacial score (nSPS) is 11.6. The van der Waals surface area contributed by atoms with Crippen molar-refractivity contribution in [2.75, 3.05) is 14.7 Å². The van der Waals surface area contributed by atoms with Crippen molar-refractivity contribution in [2.45, 2.75) is 0 Å². The second-order valence-electron chi connectivity index (χ2n) is 22.2. The van der Waals surface area contributed by atoms with Crippen molar-refractivity contribution in [1.29, 1.82) is 0 Å². The maximum absolute atomic E-state index is 5.96. The largest absolute Gasteiger partial charge is 0.310 e. The molecule has 88 heavy (non-hydrogen) atoms. The van der Waals surface area contributed by atoms with Gasteiger partial charge in [-0.2, -0.15) is 4.98 Å². The minimum atomic E-state index is 0.524. The van der Waals surface area contributed by atoms with Gasteiger partial charge in [-0.25, -0.2) is 4.98 Å². The summed E-state index contributed by atoms with van der Waals surface area (Å²) in [5, 5.41) is 7.79. The summed E-state index contributed by atoms with van der Waals surface area (Å²) in [4.78, 5) is 18.5. The van der Waals surface area contributed by atoms with Crippen LogP contribution in [0.4, 0.5) is 51.6 Å². The highest BCUT2D eigenvalue weighted by Gasteiger charge is 2.27. The third-order valence-corrected chi connectivity index (χ3v) is 17.1. The van der Waals surface area contributed by atoms with E-state index in [9.17, 15) is 0 Å². The van der Waals surface area contributed by atoms with Crippen LogP contribution in [0, 0.1) is 0 Å². The third kappa shape index (κ3) is 8.37. The van der Waals surface area contributed by atoms with E-state index in [2.05, 4.69) is 356 Å². The first-order chi connectivity index (χ1) is 43.7. The fourth-order valence-corrected chi connectivity index (χ4v) is 13.3. The van der Waals surface area contributed by atoms with E-state index >= 15 is 0 Å². The zero-order valence-corrected chi connectivity index (χ0v) is 47.8. The van der Waals surface area contributed by atoms with Gasteiger partial charge in [0.1, 0.15) is 0 Å². The van der Waals surface area contributed by atoms with Crippen LogP contribution in [-0.2, 0) is 0 Å². The van der Waals surface area contributed by atoms with Crippen LogP contribution in [0.3, 0.4) is 0 Å². The highest BCUT2D eigenvalue weighted by Crippen LogP contribution is 2.47. The quantitative estimate of drug-likeness (QED) is 0.122. The van der Waals surface area contributed by atoms with Gasteiger partial charge in [0, 0.05) is 94.6 Å². The van der Waals surface area contributed by atoms with Gasteiger partial charge in [-0.1, -0.05) is 164 Å². The Labute approximate surface area is 508 Å². The highest BCUT2D eigenvalue weighted by molar-refractivity contribution is 6.14. The van der Waals surface area contributed by atoms with Crippen molar-refractivity contribution in [3.63, 3.8) is 0 Å². The molecule has 4 aromatic heterocycles. The number of hydrogen-bond donors (Lipinski definition) is 0. The molecule has 0 aliphatic rings. The molecule has 0 bridgehead atoms. The van der Waals surface area contributed by atoms with Gasteiger partial charge in [0.2, 0.25) is 5.95 Å². The molecular formula is C80H54N8. The zero-order chi connectivity index (χ0) is 58.1. The lowest BCUT2D eigenvalue weighted by Crippen LogP contribution is -2.18. The molecular weight excluding hydrogens is 1070 g/mol. The lowest BCUT2D eigenvalue weighted by molar-refractivity contribution is 1.08. The minimum absolute atomic E-state index is 0.524. The Hall–Kier alpha value is -12.0. The maximum Gasteiger partial charge on any atom is 0.237 e. The number of nitrogens with zero attached hydrogens (tertiary/aromatic N) is 8. The van der Waals surface area contributed by atoms with Gasteiger partial charge in [-0.3, -0.25) is 9.80 Å². The number of anilines is 9. The molecule has 4 heterocycles. The molecule has 0 spiro atoms. The van der Waals surface area contributed by atoms with Gasteiger partial charge in [-0.05, 0) is 164 Å². The SMILES string of the molecule is c1ccc(N(c2ccc3nc(N(c4ccccc4)c4ccc5c(c4)c4ccccc4n5-c4ccccc4)nc(N(c4ccccc4)c4ccc5c(c4)c4ccccc4n5-c4ccccc4)c3c2)c2ccc3c(c2)c2ccccc2n3-c2ccccc2)cc1. The van der Waals surface area contributed by atoms with E-state index in [4.69, 9.17) is 9.97 Å². The van der Waals surface area contributed by atoms with Crippen molar-refractivity contribution in [2.24, 2.45) is 0 Å². The molecule has 8 nitrogen and oxygen atoms in total. The molecule has 0 atom stereocenters. The van der Waals surface area contributed by atoms with Crippen molar-refractivity contribution in [3.05, 3.63) is 328 Å². The molecule has 0 aliphatic heterocycles. The van der Waals surface area contributed by atoms with Crippen LogP contribution in [0.1, 0.15) is 0 Å². The fourth-order valence-electron chi connectivity index (χ4n) is 13.3. The van der Waals surface area contributed by atoms with Gasteiger partial charge in [-0.15, -0.1) is 0 Å². The number of aromatic nitrogens is 5. The number of para-hydroxylation sites is 9. The van der Waals surface area contributed by atoms with E-state index in [-0.39, 0.29) is 0 Å². The topological polar surface area (TPSA) is 50.3 Å². The van der Waals surface area contributed by atoms with Crippen LogP contribution in [0.15, 0.2) is 328 Å². The van der Waals surface area contributed by atoms with E-state index in [1.807, 2.05) is 0 Å². The van der Waals surface area contributed by atoms with Crippen LogP contribution in [0.25, 0.3) is 93.4 Å². The van der Waals surface area contributed by atoms with E-state index in [1.165, 1.54) is 5.39 Å². The average Bonchev–Trinajstić information content (AvgIpc) is 2.04. The summed E-state index contributed by atoms with van der Waals surface area (Å²) in [7, 11) is 0. The van der Waals surface area contributed by atoms with Gasteiger partial charge in [0.05, 0.1) is 38.6 Å². The molecule has 8 heteroatoms. The first-order valence-corrected chi connectivity index (χ1v) is 29.8. The first kappa shape index (κ1) is 50.5. The minimum Gasteiger partial charge on any atom is -0.310 e. The smallest absolute Gasteiger partial charge is 0.237 e. The second kappa shape index (κ2) is 21.0. The molecule has 17 rings (SSSR count). The van der Waals surface area contributed by atoms with Gasteiger partial charge in [0.25, 0.3) is 0 Å². The van der Waals surface area contributed by atoms with Crippen molar-refractivity contribution in [3.8, 4) is 17.1 Å². The molecule has 414 valence electrons. The predicted octanol–water partition coefficient (Wildman–Crippen LogP) is 21.3. The number of fused-ring (bicyclic) bond motifs is 10. The lowest BCUT2D eigenvalue weighted by Gasteiger charge is -2.30. The molecule has 0 fully saturated rings. The molecule has 0 radical (unpaired) electrons. The zero-order valence-electron chi connectivity index (χ0n) is 47.8. The maximum atomic E-state index is 5.96. The first-order valence-electron chi connectivity index (χ1n) is 29.8. The van der Waals surface area contributed by atoms with Crippen LogP contribution < -0.4 is 14.7 Å². The molecule has 0 aliphatic carbocycles. The van der Waals surface area contributed by atoms with E-state index in [0.717, 1.165) is 134 Å². The average molecular weight is 1130 g/mol. The molecule has 0 saturated carbocycles. The monoisotopic (exact) mass is 1130 g/mol. The molecule has 0 amide bonds. The van der Waals surface area contributed by atoms with Gasteiger partial charge in [0.15, 0.2) is 5.82 Å². The number of benzene rings is 13. The summed E-state index contributed by atoms with van der Waals surface area (Å²) in [5.41, 5.74) is 17.7. The van der Waals surface area contributed by atoms with Crippen LogP contribution in [-0.4, -0.2) is 23.7 Å². The van der Waals surface area contributed by atoms with Crippen LogP contribution in [0.2, 0.25) is 0 Å². The van der Waals surface area contributed by atoms with Crippen LogP contribution in [0.5, 0.6) is 0 Å². The molecule has 0 unspecified atom stereocenters. The molecule has 17 aromatic rings. The molecule has 0 N–H and O–H groups in total. The lowest BCUT2D eigenvalue weighted by atomic mass is 10.1.